The number of hydrogen-bond acceptors (Lipinski definition) is 4. The lowest BCUT2D eigenvalue weighted by Gasteiger charge is -2.11. The van der Waals surface area contributed by atoms with Crippen molar-refractivity contribution in [3.63, 3.8) is 0 Å². The zero-order valence-electron chi connectivity index (χ0n) is 12.5. The van der Waals surface area contributed by atoms with Crippen molar-refractivity contribution < 1.29 is 0 Å². The van der Waals surface area contributed by atoms with Crippen molar-refractivity contribution >= 4 is 41.3 Å². The quantitative estimate of drug-likeness (QED) is 0.441. The Bertz CT molecular complexity index is 563. The number of guanidine groups is 1. The van der Waals surface area contributed by atoms with Crippen LogP contribution in [0.4, 0.5) is 0 Å². The van der Waals surface area contributed by atoms with E-state index in [2.05, 4.69) is 25.6 Å². The molecular weight excluding hydrogens is 399 g/mol. The van der Waals surface area contributed by atoms with Crippen molar-refractivity contribution in [1.82, 2.24) is 25.2 Å². The van der Waals surface area contributed by atoms with Gasteiger partial charge in [-0.15, -0.1) is 35.3 Å². The van der Waals surface area contributed by atoms with Gasteiger partial charge in [0.15, 0.2) is 5.96 Å². The highest BCUT2D eigenvalue weighted by Crippen LogP contribution is 2.16. The highest BCUT2D eigenvalue weighted by molar-refractivity contribution is 14.0. The molecule has 0 bridgehead atoms. The van der Waals surface area contributed by atoms with Crippen molar-refractivity contribution in [1.29, 1.82) is 0 Å². The van der Waals surface area contributed by atoms with E-state index in [4.69, 9.17) is 0 Å². The van der Waals surface area contributed by atoms with Crippen LogP contribution in [0.5, 0.6) is 0 Å². The Balaban J connectivity index is 0.00000220. The maximum absolute atomic E-state index is 4.42. The Morgan fingerprint density at radius 1 is 1.38 bits per heavy atom. The fraction of sp³-hybridized carbons (Fsp3) is 0.462. The second-order valence-electron chi connectivity index (χ2n) is 4.39. The number of halogens is 1. The molecule has 21 heavy (non-hydrogen) atoms. The number of aliphatic imine (C=N–C) groups is 1. The number of nitrogens with zero attached hydrogens (tertiary/aromatic N) is 4. The van der Waals surface area contributed by atoms with Crippen molar-refractivity contribution in [2.45, 2.75) is 26.9 Å². The molecule has 116 valence electrons. The van der Waals surface area contributed by atoms with Crippen molar-refractivity contribution in [3.8, 4) is 0 Å². The molecule has 8 heteroatoms. The number of rotatable bonds is 5. The molecular formula is C13H21IN6S. The Hall–Kier alpha value is -1.16. The fourth-order valence-electron chi connectivity index (χ4n) is 1.84. The zero-order valence-corrected chi connectivity index (χ0v) is 15.6. The summed E-state index contributed by atoms with van der Waals surface area (Å²) >= 11 is 1.72. The van der Waals surface area contributed by atoms with Gasteiger partial charge in [0.2, 0.25) is 0 Å². The summed E-state index contributed by atoms with van der Waals surface area (Å²) < 4.78 is 2.02. The molecule has 0 aliphatic rings. The van der Waals surface area contributed by atoms with Gasteiger partial charge < -0.3 is 15.2 Å². The summed E-state index contributed by atoms with van der Waals surface area (Å²) in [6.07, 6.45) is 5.53. The molecule has 2 aromatic rings. The second-order valence-corrected chi connectivity index (χ2v) is 5.68. The smallest absolute Gasteiger partial charge is 0.191 e. The summed E-state index contributed by atoms with van der Waals surface area (Å²) in [4.78, 5) is 13.9. The van der Waals surface area contributed by atoms with Gasteiger partial charge in [0, 0.05) is 37.4 Å². The lowest BCUT2D eigenvalue weighted by atomic mass is 10.4. The van der Waals surface area contributed by atoms with Crippen LogP contribution in [0.15, 0.2) is 23.7 Å². The van der Waals surface area contributed by atoms with E-state index >= 15 is 0 Å². The van der Waals surface area contributed by atoms with Gasteiger partial charge in [0.25, 0.3) is 0 Å². The minimum absolute atomic E-state index is 0. The number of hydrogen-bond donors (Lipinski definition) is 2. The van der Waals surface area contributed by atoms with Crippen LogP contribution < -0.4 is 10.6 Å². The lowest BCUT2D eigenvalue weighted by molar-refractivity contribution is 0.662. The SMILES string of the molecule is CN=C(NCCn1ccnc1)NCc1sc(C)nc1C.I. The first-order chi connectivity index (χ1) is 9.69. The summed E-state index contributed by atoms with van der Waals surface area (Å²) in [5, 5.41) is 7.68. The topological polar surface area (TPSA) is 67.1 Å². The molecule has 0 amide bonds. The van der Waals surface area contributed by atoms with Crippen LogP contribution in [0.25, 0.3) is 0 Å². The molecule has 0 atom stereocenters. The molecule has 0 saturated carbocycles. The van der Waals surface area contributed by atoms with Gasteiger partial charge in [0.05, 0.1) is 23.6 Å². The first-order valence-corrected chi connectivity index (χ1v) is 7.34. The van der Waals surface area contributed by atoms with Gasteiger partial charge in [-0.1, -0.05) is 0 Å². The molecule has 0 aliphatic heterocycles. The summed E-state index contributed by atoms with van der Waals surface area (Å²) in [6, 6.07) is 0. The molecule has 0 spiro atoms. The monoisotopic (exact) mass is 420 g/mol. The second kappa shape index (κ2) is 8.98. The van der Waals surface area contributed by atoms with E-state index in [-0.39, 0.29) is 24.0 Å². The van der Waals surface area contributed by atoms with Gasteiger partial charge in [0.1, 0.15) is 0 Å². The molecule has 2 aromatic heterocycles. The molecule has 0 aliphatic carbocycles. The number of thiazole rings is 1. The number of imidazole rings is 1. The third-order valence-corrected chi connectivity index (χ3v) is 3.93. The van der Waals surface area contributed by atoms with Crippen LogP contribution >= 0.6 is 35.3 Å². The number of aromatic nitrogens is 3. The molecule has 0 fully saturated rings. The predicted molar refractivity (Wildman–Crippen MR) is 97.4 cm³/mol. The van der Waals surface area contributed by atoms with E-state index in [1.54, 1.807) is 30.9 Å². The Labute approximate surface area is 146 Å². The average molecular weight is 420 g/mol. The summed E-state index contributed by atoms with van der Waals surface area (Å²) in [6.45, 7) is 6.48. The molecule has 2 N–H and O–H groups in total. The van der Waals surface area contributed by atoms with Crippen LogP contribution in [0, 0.1) is 13.8 Å². The van der Waals surface area contributed by atoms with Crippen molar-refractivity contribution in [2.24, 2.45) is 4.99 Å². The fourth-order valence-corrected chi connectivity index (χ4v) is 2.72. The van der Waals surface area contributed by atoms with E-state index in [1.807, 2.05) is 24.6 Å². The Morgan fingerprint density at radius 3 is 2.76 bits per heavy atom. The maximum Gasteiger partial charge on any atom is 0.191 e. The van der Waals surface area contributed by atoms with Gasteiger partial charge >= 0.3 is 0 Å². The van der Waals surface area contributed by atoms with E-state index in [0.717, 1.165) is 36.3 Å². The summed E-state index contributed by atoms with van der Waals surface area (Å²) in [5.41, 5.74) is 1.09. The highest BCUT2D eigenvalue weighted by atomic mass is 127. The van der Waals surface area contributed by atoms with Crippen molar-refractivity contribution in [2.75, 3.05) is 13.6 Å². The minimum atomic E-state index is 0. The normalized spacial score (nSPS) is 11.1. The molecule has 6 nitrogen and oxygen atoms in total. The van der Waals surface area contributed by atoms with Crippen molar-refractivity contribution in [3.05, 3.63) is 34.3 Å². The van der Waals surface area contributed by atoms with Crippen LogP contribution in [0.2, 0.25) is 0 Å². The van der Waals surface area contributed by atoms with Gasteiger partial charge in [-0.05, 0) is 13.8 Å². The van der Waals surface area contributed by atoms with Crippen LogP contribution in [0.3, 0.4) is 0 Å². The minimum Gasteiger partial charge on any atom is -0.355 e. The van der Waals surface area contributed by atoms with Crippen LogP contribution in [0.1, 0.15) is 15.6 Å². The first-order valence-electron chi connectivity index (χ1n) is 6.52. The van der Waals surface area contributed by atoms with Crippen LogP contribution in [-0.4, -0.2) is 34.1 Å². The molecule has 0 saturated heterocycles. The van der Waals surface area contributed by atoms with Gasteiger partial charge in [-0.2, -0.15) is 0 Å². The Morgan fingerprint density at radius 2 is 2.19 bits per heavy atom. The lowest BCUT2D eigenvalue weighted by Crippen LogP contribution is -2.38. The third kappa shape index (κ3) is 5.62. The van der Waals surface area contributed by atoms with Gasteiger partial charge in [-0.3, -0.25) is 4.99 Å². The molecule has 0 radical (unpaired) electrons. The summed E-state index contributed by atoms with van der Waals surface area (Å²) in [7, 11) is 1.78. The average Bonchev–Trinajstić information content (AvgIpc) is 3.03. The highest BCUT2D eigenvalue weighted by Gasteiger charge is 2.05. The van der Waals surface area contributed by atoms with Crippen LogP contribution in [-0.2, 0) is 13.1 Å². The molecule has 2 rings (SSSR count). The van der Waals surface area contributed by atoms with E-state index in [1.165, 1.54) is 4.88 Å². The van der Waals surface area contributed by atoms with E-state index < -0.39 is 0 Å². The third-order valence-electron chi connectivity index (χ3n) is 2.86. The Kier molecular flexibility index (Phi) is 7.65. The molecule has 2 heterocycles. The standard InChI is InChI=1S/C13H20N6S.HI/c1-10-12(20-11(2)18-10)8-17-13(14-3)16-5-7-19-6-4-15-9-19;/h4,6,9H,5,7-8H2,1-3H3,(H2,14,16,17);1H. The largest absolute Gasteiger partial charge is 0.355 e. The predicted octanol–water partition coefficient (Wildman–Crippen LogP) is 1.94. The van der Waals surface area contributed by atoms with E-state index in [0.29, 0.717) is 0 Å². The van der Waals surface area contributed by atoms with Gasteiger partial charge in [-0.25, -0.2) is 9.97 Å². The van der Waals surface area contributed by atoms with E-state index in [9.17, 15) is 0 Å². The maximum atomic E-state index is 4.42. The number of nitrogens with one attached hydrogen (secondary N) is 2. The molecule has 0 unspecified atom stereocenters. The molecule has 0 aromatic carbocycles. The number of aryl methyl sites for hydroxylation is 2. The zero-order chi connectivity index (χ0) is 14.4. The first kappa shape index (κ1) is 17.9. The summed E-state index contributed by atoms with van der Waals surface area (Å²) in [5.74, 6) is 0.801.